The van der Waals surface area contributed by atoms with Gasteiger partial charge in [-0.1, -0.05) is 70.2 Å². The van der Waals surface area contributed by atoms with Crippen LogP contribution in [-0.2, 0) is 7.05 Å². The van der Waals surface area contributed by atoms with Gasteiger partial charge in [0.1, 0.15) is 5.75 Å². The van der Waals surface area contributed by atoms with E-state index in [1.165, 1.54) is 28.2 Å². The first-order chi connectivity index (χ1) is 18.8. The average molecular weight is 518 g/mol. The molecule has 2 heterocycles. The molecular weight excluding hydrogens is 482 g/mol. The first-order valence-corrected chi connectivity index (χ1v) is 13.5. The molecule has 39 heavy (non-hydrogen) atoms. The SMILES string of the molecule is CC(C)CC(C)C.Cn1c2ccccc2c2cc(-c3nnc(-c4ccc(-c5ccc(O)cc5)cc4)o3)ccc21. The van der Waals surface area contributed by atoms with Gasteiger partial charge in [-0.2, -0.15) is 0 Å². The van der Waals surface area contributed by atoms with Crippen LogP contribution in [0.1, 0.15) is 34.1 Å². The summed E-state index contributed by atoms with van der Waals surface area (Å²) in [5, 5.41) is 20.4. The van der Waals surface area contributed by atoms with Crippen LogP contribution in [0, 0.1) is 11.8 Å². The Balaban J connectivity index is 0.000000392. The van der Waals surface area contributed by atoms with E-state index in [2.05, 4.69) is 85.9 Å². The summed E-state index contributed by atoms with van der Waals surface area (Å²) in [5.41, 5.74) is 6.20. The summed E-state index contributed by atoms with van der Waals surface area (Å²) in [6, 6.07) is 29.7. The van der Waals surface area contributed by atoms with Gasteiger partial charge < -0.3 is 14.1 Å². The minimum Gasteiger partial charge on any atom is -0.508 e. The average Bonchev–Trinajstić information content (AvgIpc) is 3.53. The standard InChI is InChI=1S/C27H19N3O2.C7H16/c1-30-24-5-3-2-4-22(24)23-16-20(12-15-25(23)30)27-29-28-26(32-27)19-8-6-17(7-9-19)18-10-13-21(31)14-11-18;1-6(2)5-7(3)4/h2-16,31H,1H3;6-7H,5H2,1-4H3. The minimum atomic E-state index is 0.255. The van der Waals surface area contributed by atoms with Gasteiger partial charge in [-0.15, -0.1) is 10.2 Å². The maximum Gasteiger partial charge on any atom is 0.248 e. The van der Waals surface area contributed by atoms with E-state index in [9.17, 15) is 5.11 Å². The number of nitrogens with zero attached hydrogens (tertiary/aromatic N) is 3. The molecule has 6 aromatic rings. The molecular formula is C34H35N3O2. The van der Waals surface area contributed by atoms with Crippen LogP contribution < -0.4 is 0 Å². The summed E-state index contributed by atoms with van der Waals surface area (Å²) in [4.78, 5) is 0. The number of fused-ring (bicyclic) bond motifs is 3. The van der Waals surface area contributed by atoms with Crippen LogP contribution in [0.4, 0.5) is 0 Å². The molecule has 6 rings (SSSR count). The second-order valence-electron chi connectivity index (χ2n) is 10.9. The van der Waals surface area contributed by atoms with Crippen molar-refractivity contribution in [1.82, 2.24) is 14.8 Å². The Hall–Kier alpha value is -4.38. The number of aromatic hydroxyl groups is 1. The van der Waals surface area contributed by atoms with Gasteiger partial charge in [0, 0.05) is 40.0 Å². The topological polar surface area (TPSA) is 64.1 Å². The Labute approximate surface area is 229 Å². The first kappa shape index (κ1) is 26.2. The molecule has 0 unspecified atom stereocenters. The third-order valence-electron chi connectivity index (χ3n) is 6.86. The summed E-state index contributed by atoms with van der Waals surface area (Å²) in [6.07, 6.45) is 1.36. The Morgan fingerprint density at radius 2 is 1.15 bits per heavy atom. The molecule has 0 amide bonds. The Kier molecular flexibility index (Phi) is 7.51. The molecule has 0 fully saturated rings. The van der Waals surface area contributed by atoms with Gasteiger partial charge in [-0.3, -0.25) is 0 Å². The minimum absolute atomic E-state index is 0.255. The molecule has 0 saturated heterocycles. The van der Waals surface area contributed by atoms with Crippen molar-refractivity contribution in [3.05, 3.63) is 91.0 Å². The highest BCUT2D eigenvalue weighted by Crippen LogP contribution is 2.33. The van der Waals surface area contributed by atoms with Crippen molar-refractivity contribution >= 4 is 21.8 Å². The third kappa shape index (κ3) is 5.73. The van der Waals surface area contributed by atoms with Crippen molar-refractivity contribution in [2.45, 2.75) is 34.1 Å². The number of para-hydroxylation sites is 1. The lowest BCUT2D eigenvalue weighted by atomic mass is 10.0. The van der Waals surface area contributed by atoms with Crippen molar-refractivity contribution in [3.63, 3.8) is 0 Å². The molecule has 5 heteroatoms. The molecule has 0 aliphatic rings. The van der Waals surface area contributed by atoms with E-state index in [-0.39, 0.29) is 5.75 Å². The Morgan fingerprint density at radius 3 is 1.77 bits per heavy atom. The van der Waals surface area contributed by atoms with E-state index in [1.54, 1.807) is 12.1 Å². The highest BCUT2D eigenvalue weighted by atomic mass is 16.4. The lowest BCUT2D eigenvalue weighted by Gasteiger charge is -2.05. The van der Waals surface area contributed by atoms with Crippen molar-refractivity contribution < 1.29 is 9.52 Å². The van der Waals surface area contributed by atoms with Gasteiger partial charge in [0.2, 0.25) is 11.8 Å². The number of phenolic OH excluding ortho intramolecular Hbond substituents is 1. The molecule has 2 aromatic heterocycles. The number of hydrogen-bond acceptors (Lipinski definition) is 4. The fraction of sp³-hybridized carbons (Fsp3) is 0.235. The summed E-state index contributed by atoms with van der Waals surface area (Å²) in [5.74, 6) is 2.98. The van der Waals surface area contributed by atoms with Gasteiger partial charge in [-0.25, -0.2) is 0 Å². The quantitative estimate of drug-likeness (QED) is 0.248. The zero-order chi connectivity index (χ0) is 27.5. The van der Waals surface area contributed by atoms with E-state index in [1.807, 2.05) is 42.5 Å². The van der Waals surface area contributed by atoms with Crippen LogP contribution in [0.3, 0.4) is 0 Å². The predicted molar refractivity (Wildman–Crippen MR) is 161 cm³/mol. The van der Waals surface area contributed by atoms with Gasteiger partial charge in [-0.05, 0) is 77.9 Å². The molecule has 198 valence electrons. The molecule has 0 aliphatic carbocycles. The number of hydrogen-bond donors (Lipinski definition) is 1. The second-order valence-corrected chi connectivity index (χ2v) is 10.9. The van der Waals surface area contributed by atoms with Crippen LogP contribution >= 0.6 is 0 Å². The largest absolute Gasteiger partial charge is 0.508 e. The van der Waals surface area contributed by atoms with E-state index >= 15 is 0 Å². The predicted octanol–water partition coefficient (Wildman–Crippen LogP) is 9.11. The van der Waals surface area contributed by atoms with Crippen LogP contribution in [-0.4, -0.2) is 19.9 Å². The van der Waals surface area contributed by atoms with Crippen LogP contribution in [0.2, 0.25) is 0 Å². The van der Waals surface area contributed by atoms with Crippen molar-refractivity contribution in [2.75, 3.05) is 0 Å². The zero-order valence-electron chi connectivity index (χ0n) is 23.2. The van der Waals surface area contributed by atoms with E-state index in [0.717, 1.165) is 34.1 Å². The summed E-state index contributed by atoms with van der Waals surface area (Å²) < 4.78 is 8.22. The maximum absolute atomic E-state index is 9.48. The first-order valence-electron chi connectivity index (χ1n) is 13.5. The van der Waals surface area contributed by atoms with E-state index in [4.69, 9.17) is 4.42 Å². The Bertz CT molecular complexity index is 1690. The molecule has 0 aliphatic heterocycles. The highest BCUT2D eigenvalue weighted by Gasteiger charge is 2.14. The number of aromatic nitrogens is 3. The van der Waals surface area contributed by atoms with Crippen molar-refractivity contribution in [1.29, 1.82) is 0 Å². The number of benzene rings is 4. The van der Waals surface area contributed by atoms with Gasteiger partial charge in [0.05, 0.1) is 0 Å². The number of aryl methyl sites for hydroxylation is 1. The summed E-state index contributed by atoms with van der Waals surface area (Å²) in [6.45, 7) is 9.06. The lowest BCUT2D eigenvalue weighted by Crippen LogP contribution is -1.93. The molecule has 0 atom stereocenters. The number of rotatable bonds is 5. The summed E-state index contributed by atoms with van der Waals surface area (Å²) in [7, 11) is 2.08. The normalized spacial score (nSPS) is 11.4. The smallest absolute Gasteiger partial charge is 0.248 e. The van der Waals surface area contributed by atoms with Gasteiger partial charge >= 0.3 is 0 Å². The number of phenols is 1. The fourth-order valence-corrected chi connectivity index (χ4v) is 5.16. The molecule has 0 spiro atoms. The summed E-state index contributed by atoms with van der Waals surface area (Å²) >= 11 is 0. The third-order valence-corrected chi connectivity index (χ3v) is 6.86. The van der Waals surface area contributed by atoms with Crippen molar-refractivity contribution in [3.8, 4) is 39.8 Å². The Morgan fingerprint density at radius 1 is 0.641 bits per heavy atom. The molecule has 0 saturated carbocycles. The highest BCUT2D eigenvalue weighted by molar-refractivity contribution is 6.09. The lowest BCUT2D eigenvalue weighted by molar-refractivity contribution is 0.469. The van der Waals surface area contributed by atoms with E-state index < -0.39 is 0 Å². The molecule has 4 aromatic carbocycles. The van der Waals surface area contributed by atoms with Gasteiger partial charge in [0.15, 0.2) is 0 Å². The second kappa shape index (κ2) is 11.2. The van der Waals surface area contributed by atoms with Crippen LogP contribution in [0.25, 0.3) is 55.8 Å². The monoisotopic (exact) mass is 517 g/mol. The van der Waals surface area contributed by atoms with Gasteiger partial charge in [0.25, 0.3) is 0 Å². The fourth-order valence-electron chi connectivity index (χ4n) is 5.16. The van der Waals surface area contributed by atoms with Crippen molar-refractivity contribution in [2.24, 2.45) is 18.9 Å². The van der Waals surface area contributed by atoms with E-state index in [0.29, 0.717) is 11.8 Å². The maximum atomic E-state index is 9.48. The van der Waals surface area contributed by atoms with Crippen LogP contribution in [0.5, 0.6) is 5.75 Å². The molecule has 5 nitrogen and oxygen atoms in total. The zero-order valence-corrected chi connectivity index (χ0v) is 23.2. The van der Waals surface area contributed by atoms with Crippen LogP contribution in [0.15, 0.2) is 95.4 Å². The molecule has 1 N–H and O–H groups in total. The molecule has 0 bridgehead atoms. The molecule has 0 radical (unpaired) electrons.